The van der Waals surface area contributed by atoms with Crippen molar-refractivity contribution in [1.29, 1.82) is 0 Å². The predicted molar refractivity (Wildman–Crippen MR) is 158 cm³/mol. The van der Waals surface area contributed by atoms with Crippen molar-refractivity contribution in [2.24, 2.45) is 0 Å². The van der Waals surface area contributed by atoms with Gasteiger partial charge in [0.25, 0.3) is 0 Å². The van der Waals surface area contributed by atoms with Crippen LogP contribution >= 0.6 is 0 Å². The van der Waals surface area contributed by atoms with Crippen LogP contribution in [-0.4, -0.2) is 60.6 Å². The molecule has 1 amide bonds. The molecule has 3 aromatic carbocycles. The van der Waals surface area contributed by atoms with E-state index in [0.717, 1.165) is 5.56 Å². The Morgan fingerprint density at radius 2 is 1.19 bits per heavy atom. The number of hydrogen-bond acceptors (Lipinski definition) is 10. The van der Waals surface area contributed by atoms with Gasteiger partial charge in [0.05, 0.1) is 60.4 Å². The topological polar surface area (TPSA) is 137 Å². The van der Waals surface area contributed by atoms with Crippen LogP contribution in [0.4, 0.5) is 11.4 Å². The maximum Gasteiger partial charge on any atom is 0.315 e. The molecule has 0 aliphatic heterocycles. The fourth-order valence-electron chi connectivity index (χ4n) is 4.13. The predicted octanol–water partition coefficient (Wildman–Crippen LogP) is 5.48. The minimum absolute atomic E-state index is 0.0197. The maximum absolute atomic E-state index is 13.1. The van der Waals surface area contributed by atoms with E-state index in [0.29, 0.717) is 45.6 Å². The number of nitro groups is 1. The number of carbonyl (C=O) groups is 1. The first-order valence-corrected chi connectivity index (χ1v) is 12.4. The lowest BCUT2D eigenvalue weighted by Crippen LogP contribution is -2.11. The lowest BCUT2D eigenvalue weighted by molar-refractivity contribution is -0.385. The summed E-state index contributed by atoms with van der Waals surface area (Å²) in [6.45, 7) is 0. The van der Waals surface area contributed by atoms with Gasteiger partial charge in [0.15, 0.2) is 28.7 Å². The number of nitrogens with zero attached hydrogens (tertiary/aromatic N) is 1. The number of amides is 1. The molecule has 0 spiro atoms. The van der Waals surface area contributed by atoms with Crippen LogP contribution in [0, 0.1) is 10.1 Å². The average Bonchev–Trinajstić information content (AvgIpc) is 3.01. The van der Waals surface area contributed by atoms with Crippen molar-refractivity contribution < 1.29 is 42.9 Å². The standard InChI is InChI=1S/C30H32N2O10/c1-36-22-12-11-20(10-8-19-16-24(38-3)29(41-6)25(17-19)39-4)27(30(22)42-7)31-26(33)13-9-18-14-21(32(34)35)28(40-5)23(15-18)37-2/h8-17H,1-7H3,(H,31,33)/b10-8+,13-9+. The summed E-state index contributed by atoms with van der Waals surface area (Å²) in [7, 11) is 10.2. The largest absolute Gasteiger partial charge is 0.493 e. The number of hydrogen-bond donors (Lipinski definition) is 1. The molecule has 0 saturated heterocycles. The van der Waals surface area contributed by atoms with E-state index in [-0.39, 0.29) is 17.2 Å². The summed E-state index contributed by atoms with van der Waals surface area (Å²) in [4.78, 5) is 24.0. The number of nitro benzene ring substituents is 1. The van der Waals surface area contributed by atoms with Gasteiger partial charge in [-0.2, -0.15) is 0 Å². The van der Waals surface area contributed by atoms with Gasteiger partial charge >= 0.3 is 5.69 Å². The van der Waals surface area contributed by atoms with Crippen LogP contribution in [0.15, 0.2) is 42.5 Å². The number of methoxy groups -OCH3 is 7. The van der Waals surface area contributed by atoms with Crippen LogP contribution in [0.25, 0.3) is 18.2 Å². The molecule has 0 aromatic heterocycles. The zero-order valence-corrected chi connectivity index (χ0v) is 24.3. The van der Waals surface area contributed by atoms with Gasteiger partial charge in [-0.15, -0.1) is 0 Å². The lowest BCUT2D eigenvalue weighted by Gasteiger charge is -2.16. The van der Waals surface area contributed by atoms with E-state index < -0.39 is 10.8 Å². The summed E-state index contributed by atoms with van der Waals surface area (Å²) >= 11 is 0. The van der Waals surface area contributed by atoms with E-state index in [1.807, 2.05) is 0 Å². The highest BCUT2D eigenvalue weighted by molar-refractivity contribution is 6.05. The summed E-state index contributed by atoms with van der Waals surface area (Å²) in [6.07, 6.45) is 6.23. The Bertz CT molecular complexity index is 1490. The summed E-state index contributed by atoms with van der Waals surface area (Å²) in [6, 6.07) is 9.83. The second-order valence-electron chi connectivity index (χ2n) is 8.41. The zero-order chi connectivity index (χ0) is 30.8. The van der Waals surface area contributed by atoms with Crippen LogP contribution in [0.5, 0.6) is 40.2 Å². The van der Waals surface area contributed by atoms with Crippen LogP contribution in [0.2, 0.25) is 0 Å². The van der Waals surface area contributed by atoms with Gasteiger partial charge in [-0.25, -0.2) is 0 Å². The molecule has 3 rings (SSSR count). The lowest BCUT2D eigenvalue weighted by atomic mass is 10.1. The number of benzene rings is 3. The molecule has 0 atom stereocenters. The zero-order valence-electron chi connectivity index (χ0n) is 24.3. The Morgan fingerprint density at radius 3 is 1.69 bits per heavy atom. The molecule has 1 N–H and O–H groups in total. The molecule has 42 heavy (non-hydrogen) atoms. The molecule has 222 valence electrons. The maximum atomic E-state index is 13.1. The van der Waals surface area contributed by atoms with Gasteiger partial charge in [-0.05, 0) is 47.5 Å². The molecule has 0 unspecified atom stereocenters. The number of ether oxygens (including phenoxy) is 7. The molecule has 0 radical (unpaired) electrons. The van der Waals surface area contributed by atoms with E-state index in [1.165, 1.54) is 74.1 Å². The minimum atomic E-state index is -0.591. The second-order valence-corrected chi connectivity index (χ2v) is 8.41. The summed E-state index contributed by atoms with van der Waals surface area (Å²) < 4.78 is 37.6. The highest BCUT2D eigenvalue weighted by atomic mass is 16.6. The van der Waals surface area contributed by atoms with Gasteiger partial charge in [-0.1, -0.05) is 12.2 Å². The van der Waals surface area contributed by atoms with Crippen LogP contribution in [-0.2, 0) is 4.79 Å². The van der Waals surface area contributed by atoms with E-state index in [1.54, 1.807) is 36.4 Å². The smallest absolute Gasteiger partial charge is 0.315 e. The summed E-state index contributed by atoms with van der Waals surface area (Å²) in [5, 5.41) is 14.4. The van der Waals surface area contributed by atoms with Gasteiger partial charge in [0, 0.05) is 17.7 Å². The molecule has 0 heterocycles. The Morgan fingerprint density at radius 1 is 0.667 bits per heavy atom. The van der Waals surface area contributed by atoms with Crippen molar-refractivity contribution in [3.05, 3.63) is 69.3 Å². The molecule has 0 saturated carbocycles. The first kappa shape index (κ1) is 31.1. The molecule has 0 aliphatic rings. The molecule has 0 bridgehead atoms. The summed E-state index contributed by atoms with van der Waals surface area (Å²) in [5.41, 5.74) is 1.74. The van der Waals surface area contributed by atoms with Gasteiger partial charge in [0.1, 0.15) is 0 Å². The van der Waals surface area contributed by atoms with Crippen molar-refractivity contribution in [3.63, 3.8) is 0 Å². The Hall–Kier alpha value is -5.39. The third-order valence-corrected chi connectivity index (χ3v) is 6.07. The Labute approximate surface area is 243 Å². The monoisotopic (exact) mass is 580 g/mol. The SMILES string of the molecule is COc1cc(/C=C/c2ccc(OC)c(OC)c2NC(=O)/C=C/c2cc(OC)c(OC)c([N+](=O)[O-])c2)cc(OC)c1OC. The van der Waals surface area contributed by atoms with Crippen LogP contribution in [0.1, 0.15) is 16.7 Å². The first-order valence-electron chi connectivity index (χ1n) is 12.4. The molecule has 0 aliphatic carbocycles. The van der Waals surface area contributed by atoms with Crippen molar-refractivity contribution >= 4 is 35.5 Å². The fourth-order valence-corrected chi connectivity index (χ4v) is 4.13. The quantitative estimate of drug-likeness (QED) is 0.120. The van der Waals surface area contributed by atoms with E-state index in [4.69, 9.17) is 33.2 Å². The fraction of sp³-hybridized carbons (Fsp3) is 0.233. The normalized spacial score (nSPS) is 10.8. The number of nitrogens with one attached hydrogen (secondary N) is 1. The van der Waals surface area contributed by atoms with Crippen molar-refractivity contribution in [2.45, 2.75) is 0 Å². The molecule has 3 aromatic rings. The number of carbonyl (C=O) groups excluding carboxylic acids is 1. The average molecular weight is 581 g/mol. The van der Waals surface area contributed by atoms with E-state index in [2.05, 4.69) is 5.32 Å². The highest BCUT2D eigenvalue weighted by Gasteiger charge is 2.21. The summed E-state index contributed by atoms with van der Waals surface area (Å²) in [5.74, 6) is 1.74. The Balaban J connectivity index is 1.99. The number of anilines is 1. The van der Waals surface area contributed by atoms with Crippen molar-refractivity contribution in [2.75, 3.05) is 55.1 Å². The molecule has 12 heteroatoms. The second kappa shape index (κ2) is 14.3. The van der Waals surface area contributed by atoms with Crippen molar-refractivity contribution in [3.8, 4) is 40.2 Å². The first-order chi connectivity index (χ1) is 20.2. The third kappa shape index (κ3) is 6.84. The van der Waals surface area contributed by atoms with Crippen LogP contribution in [0.3, 0.4) is 0 Å². The van der Waals surface area contributed by atoms with Crippen LogP contribution < -0.4 is 38.5 Å². The molecule has 12 nitrogen and oxygen atoms in total. The molecular weight excluding hydrogens is 548 g/mol. The molecule has 0 fully saturated rings. The molecular formula is C30H32N2O10. The number of rotatable bonds is 13. The van der Waals surface area contributed by atoms with E-state index in [9.17, 15) is 14.9 Å². The van der Waals surface area contributed by atoms with Gasteiger partial charge in [-0.3, -0.25) is 14.9 Å². The van der Waals surface area contributed by atoms with Gasteiger partial charge in [0.2, 0.25) is 17.4 Å². The Kier molecular flexibility index (Phi) is 10.6. The van der Waals surface area contributed by atoms with E-state index >= 15 is 0 Å². The van der Waals surface area contributed by atoms with Gasteiger partial charge < -0.3 is 38.5 Å². The highest BCUT2D eigenvalue weighted by Crippen LogP contribution is 2.41. The minimum Gasteiger partial charge on any atom is -0.493 e. The third-order valence-electron chi connectivity index (χ3n) is 6.07. The van der Waals surface area contributed by atoms with Crippen molar-refractivity contribution in [1.82, 2.24) is 0 Å².